The van der Waals surface area contributed by atoms with Crippen LogP contribution in [0.3, 0.4) is 0 Å². The molecule has 2 aliphatic rings. The third kappa shape index (κ3) is 4.31. The molecule has 2 saturated heterocycles. The van der Waals surface area contributed by atoms with Gasteiger partial charge in [0.05, 0.1) is 25.2 Å². The molecule has 0 bridgehead atoms. The third-order valence-electron chi connectivity index (χ3n) is 5.63. The lowest BCUT2D eigenvalue weighted by Gasteiger charge is -2.29. The molecule has 0 N–H and O–H groups in total. The number of anilines is 1. The Hall–Kier alpha value is -3.04. The van der Waals surface area contributed by atoms with Crippen LogP contribution in [0.25, 0.3) is 11.8 Å². The van der Waals surface area contributed by atoms with Gasteiger partial charge in [0.2, 0.25) is 0 Å². The van der Waals surface area contributed by atoms with Crippen molar-refractivity contribution in [1.29, 1.82) is 0 Å². The Morgan fingerprint density at radius 2 is 1.78 bits per heavy atom. The molecule has 32 heavy (non-hydrogen) atoms. The lowest BCUT2D eigenvalue weighted by molar-refractivity contribution is -0.143. The van der Waals surface area contributed by atoms with Gasteiger partial charge in [0.15, 0.2) is 0 Å². The van der Waals surface area contributed by atoms with Crippen LogP contribution in [0.5, 0.6) is 0 Å². The lowest BCUT2D eigenvalue weighted by Crippen LogP contribution is -2.36. The summed E-state index contributed by atoms with van der Waals surface area (Å²) in [5, 5.41) is -0.473. The maximum atomic E-state index is 12.6. The summed E-state index contributed by atoms with van der Waals surface area (Å²) in [6.45, 7) is 6.85. The molecular weight excluding hydrogens is 430 g/mol. The fourth-order valence-electron chi connectivity index (χ4n) is 3.94. The zero-order valence-electron chi connectivity index (χ0n) is 18.3. The fraction of sp³-hybridized carbons (Fsp3) is 0.348. The van der Waals surface area contributed by atoms with Gasteiger partial charge in [0.1, 0.15) is 6.54 Å². The second-order valence-electron chi connectivity index (χ2n) is 7.62. The number of esters is 1. The number of benzene rings is 1. The maximum Gasteiger partial charge on any atom is 0.325 e. The van der Waals surface area contributed by atoms with Crippen LogP contribution in [0.4, 0.5) is 10.5 Å². The van der Waals surface area contributed by atoms with Crippen molar-refractivity contribution >= 4 is 40.6 Å². The van der Waals surface area contributed by atoms with Crippen molar-refractivity contribution in [2.24, 2.45) is 0 Å². The predicted octanol–water partition coefficient (Wildman–Crippen LogP) is 3.14. The second kappa shape index (κ2) is 9.22. The number of hydrogen-bond donors (Lipinski definition) is 0. The number of thioether (sulfide) groups is 1. The van der Waals surface area contributed by atoms with E-state index in [4.69, 9.17) is 4.74 Å². The summed E-state index contributed by atoms with van der Waals surface area (Å²) in [6, 6.07) is 10.4. The molecule has 3 heterocycles. The number of ether oxygens (including phenoxy) is 2. The summed E-state index contributed by atoms with van der Waals surface area (Å²) in [5.41, 5.74) is 5.01. The molecule has 1 aromatic heterocycles. The number of hydrogen-bond acceptors (Lipinski definition) is 7. The van der Waals surface area contributed by atoms with Gasteiger partial charge in [0.25, 0.3) is 11.1 Å². The van der Waals surface area contributed by atoms with Crippen LogP contribution in [0, 0.1) is 13.8 Å². The van der Waals surface area contributed by atoms with E-state index in [1.165, 1.54) is 12.8 Å². The van der Waals surface area contributed by atoms with E-state index >= 15 is 0 Å². The van der Waals surface area contributed by atoms with E-state index in [0.29, 0.717) is 4.91 Å². The van der Waals surface area contributed by atoms with Gasteiger partial charge in [0, 0.05) is 35.9 Å². The Kier molecular flexibility index (Phi) is 6.38. The van der Waals surface area contributed by atoms with Crippen LogP contribution < -0.4 is 4.90 Å². The molecule has 2 aromatic rings. The predicted molar refractivity (Wildman–Crippen MR) is 123 cm³/mol. The number of nitrogens with zero attached hydrogens (tertiary/aromatic N) is 3. The Morgan fingerprint density at radius 1 is 1.12 bits per heavy atom. The molecule has 9 heteroatoms. The van der Waals surface area contributed by atoms with Crippen molar-refractivity contribution in [2.45, 2.75) is 13.8 Å². The minimum atomic E-state index is -0.632. The van der Waals surface area contributed by atoms with Crippen molar-refractivity contribution in [2.75, 3.05) is 44.9 Å². The smallest absolute Gasteiger partial charge is 0.325 e. The number of aromatic nitrogens is 1. The summed E-state index contributed by atoms with van der Waals surface area (Å²) in [6.07, 6.45) is 1.71. The standard InChI is InChI=1S/C23H25N3O5S/c1-15-12-17(13-20-22(28)25(23(29)32-20)14-21(27)30-3)16(2)26(15)19-6-4-18(5-7-19)24-8-10-31-11-9-24/h4-7,12-13H,8-11,14H2,1-3H3/b20-13-. The summed E-state index contributed by atoms with van der Waals surface area (Å²) in [5.74, 6) is -1.11. The van der Waals surface area contributed by atoms with Crippen LogP contribution in [0.2, 0.25) is 0 Å². The Balaban J connectivity index is 1.58. The van der Waals surface area contributed by atoms with E-state index in [0.717, 1.165) is 65.6 Å². The van der Waals surface area contributed by atoms with Crippen LogP contribution in [0.1, 0.15) is 17.0 Å². The second-order valence-corrected chi connectivity index (χ2v) is 8.61. The molecule has 168 valence electrons. The summed E-state index contributed by atoms with van der Waals surface area (Å²) in [7, 11) is 1.22. The van der Waals surface area contributed by atoms with Crippen molar-refractivity contribution in [3.8, 4) is 5.69 Å². The van der Waals surface area contributed by atoms with Gasteiger partial charge in [-0.05, 0) is 67.6 Å². The van der Waals surface area contributed by atoms with Crippen LogP contribution in [-0.2, 0) is 19.1 Å². The third-order valence-corrected chi connectivity index (χ3v) is 6.54. The van der Waals surface area contributed by atoms with Gasteiger partial charge in [-0.15, -0.1) is 0 Å². The summed E-state index contributed by atoms with van der Waals surface area (Å²) >= 11 is 0.832. The fourth-order valence-corrected chi connectivity index (χ4v) is 4.77. The minimum absolute atomic E-state index is 0.293. The highest BCUT2D eigenvalue weighted by Crippen LogP contribution is 2.34. The Labute approximate surface area is 190 Å². The first-order valence-corrected chi connectivity index (χ1v) is 11.1. The van der Waals surface area contributed by atoms with E-state index in [1.54, 1.807) is 6.08 Å². The van der Waals surface area contributed by atoms with Gasteiger partial charge in [-0.3, -0.25) is 19.3 Å². The summed E-state index contributed by atoms with van der Waals surface area (Å²) < 4.78 is 12.1. The number of imide groups is 1. The molecule has 4 rings (SSSR count). The SMILES string of the molecule is COC(=O)CN1C(=O)S/C(=C\c2cc(C)n(-c3ccc(N4CCOCC4)cc3)c2C)C1=O. The van der Waals surface area contributed by atoms with Crippen LogP contribution >= 0.6 is 11.8 Å². The normalized spacial score (nSPS) is 18.0. The highest BCUT2D eigenvalue weighted by molar-refractivity contribution is 8.18. The van der Waals surface area contributed by atoms with Gasteiger partial charge in [-0.1, -0.05) is 0 Å². The molecule has 1 aromatic carbocycles. The topological polar surface area (TPSA) is 81.1 Å². The molecule has 0 radical (unpaired) electrons. The molecule has 0 atom stereocenters. The first-order valence-electron chi connectivity index (χ1n) is 10.3. The molecule has 0 spiro atoms. The molecule has 0 unspecified atom stereocenters. The van der Waals surface area contributed by atoms with E-state index in [9.17, 15) is 14.4 Å². The first kappa shape index (κ1) is 22.2. The quantitative estimate of drug-likeness (QED) is 0.506. The van der Waals surface area contributed by atoms with E-state index in [2.05, 4.69) is 38.5 Å². The number of aryl methyl sites for hydroxylation is 1. The summed E-state index contributed by atoms with van der Waals surface area (Å²) in [4.78, 5) is 39.8. The highest BCUT2D eigenvalue weighted by atomic mass is 32.2. The number of morpholine rings is 1. The zero-order chi connectivity index (χ0) is 22.8. The Bertz CT molecular complexity index is 1080. The number of amides is 2. The number of rotatable bonds is 5. The van der Waals surface area contributed by atoms with Crippen LogP contribution in [0.15, 0.2) is 35.2 Å². The molecular formula is C23H25N3O5S. The van der Waals surface area contributed by atoms with Gasteiger partial charge < -0.3 is 18.9 Å². The minimum Gasteiger partial charge on any atom is -0.468 e. The van der Waals surface area contributed by atoms with Crippen molar-refractivity contribution in [3.63, 3.8) is 0 Å². The molecule has 2 amide bonds. The van der Waals surface area contributed by atoms with Gasteiger partial charge >= 0.3 is 5.97 Å². The number of carbonyl (C=O) groups is 3. The molecule has 8 nitrogen and oxygen atoms in total. The largest absolute Gasteiger partial charge is 0.468 e. The van der Waals surface area contributed by atoms with Crippen molar-refractivity contribution in [3.05, 3.63) is 52.2 Å². The maximum absolute atomic E-state index is 12.6. The average Bonchev–Trinajstić information content (AvgIpc) is 3.23. The van der Waals surface area contributed by atoms with Crippen LogP contribution in [-0.4, -0.2) is 66.5 Å². The number of carbonyl (C=O) groups excluding carboxylic acids is 3. The highest BCUT2D eigenvalue weighted by Gasteiger charge is 2.36. The molecule has 2 aliphatic heterocycles. The molecule has 2 fully saturated rings. The number of methoxy groups -OCH3 is 1. The van der Waals surface area contributed by atoms with Gasteiger partial charge in [-0.25, -0.2) is 0 Å². The van der Waals surface area contributed by atoms with Crippen molar-refractivity contribution in [1.82, 2.24) is 9.47 Å². The van der Waals surface area contributed by atoms with E-state index in [1.807, 2.05) is 19.9 Å². The molecule has 0 saturated carbocycles. The Morgan fingerprint density at radius 3 is 2.44 bits per heavy atom. The first-order chi connectivity index (χ1) is 15.4. The van der Waals surface area contributed by atoms with Crippen molar-refractivity contribution < 1.29 is 23.9 Å². The monoisotopic (exact) mass is 455 g/mol. The lowest BCUT2D eigenvalue weighted by atomic mass is 10.2. The average molecular weight is 456 g/mol. The molecule has 0 aliphatic carbocycles. The van der Waals surface area contributed by atoms with E-state index < -0.39 is 17.1 Å². The van der Waals surface area contributed by atoms with E-state index in [-0.39, 0.29) is 6.54 Å². The zero-order valence-corrected chi connectivity index (χ0v) is 19.1. The van der Waals surface area contributed by atoms with Gasteiger partial charge in [-0.2, -0.15) is 0 Å².